The number of benzene rings is 1. The van der Waals surface area contributed by atoms with Crippen LogP contribution in [0.2, 0.25) is 0 Å². The largest absolute Gasteiger partial charge is 0.467 e. The summed E-state index contributed by atoms with van der Waals surface area (Å²) in [7, 11) is 5.14. The highest BCUT2D eigenvalue weighted by atomic mass is 16.5. The van der Waals surface area contributed by atoms with E-state index in [9.17, 15) is 4.79 Å². The van der Waals surface area contributed by atoms with Crippen LogP contribution in [0.4, 0.5) is 11.9 Å². The quantitative estimate of drug-likeness (QED) is 0.818. The average Bonchev–Trinajstić information content (AvgIpc) is 3.03. The lowest BCUT2D eigenvalue weighted by Crippen LogP contribution is -2.28. The number of hydrogen-bond donors (Lipinski definition) is 1. The molecule has 2 aromatic rings. The van der Waals surface area contributed by atoms with E-state index in [0.717, 1.165) is 31.5 Å². The number of aromatic nitrogens is 3. The van der Waals surface area contributed by atoms with Crippen LogP contribution in [0.15, 0.2) is 24.3 Å². The summed E-state index contributed by atoms with van der Waals surface area (Å²) in [6.07, 6.45) is 4.79. The van der Waals surface area contributed by atoms with Gasteiger partial charge in [0.25, 0.3) is 5.91 Å². The van der Waals surface area contributed by atoms with Crippen LogP contribution in [0, 0.1) is 0 Å². The maximum atomic E-state index is 11.7. The van der Waals surface area contributed by atoms with E-state index in [1.807, 2.05) is 36.2 Å². The fourth-order valence-electron chi connectivity index (χ4n) is 3.26. The number of carbonyl (C=O) groups is 1. The number of amides is 1. The van der Waals surface area contributed by atoms with Crippen molar-refractivity contribution < 1.29 is 9.53 Å². The summed E-state index contributed by atoms with van der Waals surface area (Å²) in [4.78, 5) is 29.4. The van der Waals surface area contributed by atoms with E-state index in [2.05, 4.69) is 25.2 Å². The first-order chi connectivity index (χ1) is 13.6. The minimum absolute atomic E-state index is 0.0933. The van der Waals surface area contributed by atoms with Crippen LogP contribution >= 0.6 is 0 Å². The Morgan fingerprint density at radius 3 is 2.39 bits per heavy atom. The van der Waals surface area contributed by atoms with Crippen molar-refractivity contribution in [2.75, 3.05) is 44.1 Å². The Kier molecular flexibility index (Phi) is 6.62. The fourth-order valence-corrected chi connectivity index (χ4v) is 3.26. The zero-order chi connectivity index (χ0) is 19.9. The zero-order valence-corrected chi connectivity index (χ0v) is 16.8. The molecule has 0 aliphatic carbocycles. The number of methoxy groups -OCH3 is 1. The highest BCUT2D eigenvalue weighted by molar-refractivity contribution is 5.93. The van der Waals surface area contributed by atoms with Crippen molar-refractivity contribution in [2.45, 2.75) is 32.2 Å². The molecule has 1 aliphatic heterocycles. The second kappa shape index (κ2) is 9.34. The van der Waals surface area contributed by atoms with Gasteiger partial charge in [-0.25, -0.2) is 0 Å². The third-order valence-corrected chi connectivity index (χ3v) is 4.87. The van der Waals surface area contributed by atoms with Crippen LogP contribution in [-0.4, -0.2) is 55.2 Å². The first kappa shape index (κ1) is 19.9. The highest BCUT2D eigenvalue weighted by Gasteiger charge is 2.17. The van der Waals surface area contributed by atoms with Gasteiger partial charge in [-0.3, -0.25) is 4.79 Å². The maximum Gasteiger partial charge on any atom is 0.322 e. The fraction of sp³-hybridized carbons (Fsp3) is 0.500. The first-order valence-corrected chi connectivity index (χ1v) is 9.68. The molecule has 1 N–H and O–H groups in total. The standard InChI is InChI=1S/C20H28N6O2/c1-21-17(27)16-10-8-15(9-11-16)14-25(2)18-22-19(24-20(23-18)28-3)26-12-6-4-5-7-13-26/h8-11H,4-7,12-14H2,1-3H3,(H,21,27). The lowest BCUT2D eigenvalue weighted by atomic mass is 10.1. The Hall–Kier alpha value is -2.90. The molecule has 0 bridgehead atoms. The van der Waals surface area contributed by atoms with Crippen LogP contribution in [0.25, 0.3) is 0 Å². The van der Waals surface area contributed by atoms with E-state index >= 15 is 0 Å². The molecule has 0 unspecified atom stereocenters. The summed E-state index contributed by atoms with van der Waals surface area (Å²) in [6, 6.07) is 7.84. The zero-order valence-electron chi connectivity index (χ0n) is 16.8. The second-order valence-corrected chi connectivity index (χ2v) is 6.96. The van der Waals surface area contributed by atoms with Gasteiger partial charge in [0, 0.05) is 39.3 Å². The predicted octanol–water partition coefficient (Wildman–Crippen LogP) is 2.26. The van der Waals surface area contributed by atoms with Crippen molar-refractivity contribution in [2.24, 2.45) is 0 Å². The summed E-state index contributed by atoms with van der Waals surface area (Å²) in [6.45, 7) is 2.52. The Morgan fingerprint density at radius 2 is 1.79 bits per heavy atom. The van der Waals surface area contributed by atoms with Gasteiger partial charge >= 0.3 is 6.01 Å². The molecule has 0 spiro atoms. The maximum absolute atomic E-state index is 11.7. The number of rotatable bonds is 6. The summed E-state index contributed by atoms with van der Waals surface area (Å²) in [5, 5.41) is 2.63. The van der Waals surface area contributed by atoms with Gasteiger partial charge < -0.3 is 19.9 Å². The lowest BCUT2D eigenvalue weighted by molar-refractivity contribution is 0.0963. The topological polar surface area (TPSA) is 83.5 Å². The van der Waals surface area contributed by atoms with Crippen molar-refractivity contribution in [1.82, 2.24) is 20.3 Å². The number of hydrogen-bond acceptors (Lipinski definition) is 7. The number of carbonyl (C=O) groups excluding carboxylic acids is 1. The number of nitrogens with zero attached hydrogens (tertiary/aromatic N) is 5. The molecule has 0 atom stereocenters. The van der Waals surface area contributed by atoms with Gasteiger partial charge in [-0.2, -0.15) is 15.0 Å². The molecular formula is C20H28N6O2. The first-order valence-electron chi connectivity index (χ1n) is 9.68. The molecule has 0 radical (unpaired) electrons. The van der Waals surface area contributed by atoms with Gasteiger partial charge in [0.15, 0.2) is 0 Å². The smallest absolute Gasteiger partial charge is 0.322 e. The Balaban J connectivity index is 1.77. The van der Waals surface area contributed by atoms with Crippen LogP contribution in [0.1, 0.15) is 41.6 Å². The molecule has 8 nitrogen and oxygen atoms in total. The van der Waals surface area contributed by atoms with Gasteiger partial charge in [0.2, 0.25) is 11.9 Å². The second-order valence-electron chi connectivity index (χ2n) is 6.96. The molecule has 1 aromatic carbocycles. The van der Waals surface area contributed by atoms with Gasteiger partial charge in [0.05, 0.1) is 7.11 Å². The molecule has 1 fully saturated rings. The molecule has 150 valence electrons. The van der Waals surface area contributed by atoms with E-state index in [1.165, 1.54) is 12.8 Å². The van der Waals surface area contributed by atoms with Crippen molar-refractivity contribution in [3.63, 3.8) is 0 Å². The molecule has 1 aromatic heterocycles. The molecule has 28 heavy (non-hydrogen) atoms. The summed E-state index contributed by atoms with van der Waals surface area (Å²) < 4.78 is 5.31. The number of nitrogens with one attached hydrogen (secondary N) is 1. The summed E-state index contributed by atoms with van der Waals surface area (Å²) in [5.41, 5.74) is 1.70. The third kappa shape index (κ3) is 4.88. The summed E-state index contributed by atoms with van der Waals surface area (Å²) >= 11 is 0. The molecule has 3 rings (SSSR count). The van der Waals surface area contributed by atoms with Crippen LogP contribution < -0.4 is 19.9 Å². The van der Waals surface area contributed by atoms with E-state index in [4.69, 9.17) is 4.74 Å². The Labute approximate surface area is 166 Å². The van der Waals surface area contributed by atoms with Crippen molar-refractivity contribution >= 4 is 17.8 Å². The van der Waals surface area contributed by atoms with Gasteiger partial charge in [-0.05, 0) is 30.5 Å². The van der Waals surface area contributed by atoms with Crippen molar-refractivity contribution in [3.8, 4) is 6.01 Å². The number of anilines is 2. The van der Waals surface area contributed by atoms with E-state index in [-0.39, 0.29) is 5.91 Å². The predicted molar refractivity (Wildman–Crippen MR) is 109 cm³/mol. The number of ether oxygens (including phenoxy) is 1. The van der Waals surface area contributed by atoms with E-state index in [0.29, 0.717) is 30.0 Å². The molecule has 8 heteroatoms. The molecule has 1 saturated heterocycles. The lowest BCUT2D eigenvalue weighted by Gasteiger charge is -2.23. The molecule has 2 heterocycles. The molecule has 0 saturated carbocycles. The molecule has 1 aliphatic rings. The van der Waals surface area contributed by atoms with Crippen LogP contribution in [0.5, 0.6) is 6.01 Å². The van der Waals surface area contributed by atoms with Crippen LogP contribution in [0.3, 0.4) is 0 Å². The Morgan fingerprint density at radius 1 is 1.11 bits per heavy atom. The summed E-state index contributed by atoms with van der Waals surface area (Å²) in [5.74, 6) is 1.15. The van der Waals surface area contributed by atoms with Crippen LogP contribution in [-0.2, 0) is 6.54 Å². The van der Waals surface area contributed by atoms with Gasteiger partial charge in [-0.1, -0.05) is 25.0 Å². The monoisotopic (exact) mass is 384 g/mol. The minimum atomic E-state index is -0.0933. The molecule has 1 amide bonds. The Bertz CT molecular complexity index is 788. The molecular weight excluding hydrogens is 356 g/mol. The SMILES string of the molecule is CNC(=O)c1ccc(CN(C)c2nc(OC)nc(N3CCCCCC3)n2)cc1. The third-order valence-electron chi connectivity index (χ3n) is 4.87. The highest BCUT2D eigenvalue weighted by Crippen LogP contribution is 2.21. The van der Waals surface area contributed by atoms with Gasteiger partial charge in [0.1, 0.15) is 0 Å². The average molecular weight is 384 g/mol. The van der Waals surface area contributed by atoms with Crippen molar-refractivity contribution in [3.05, 3.63) is 35.4 Å². The van der Waals surface area contributed by atoms with Crippen molar-refractivity contribution in [1.29, 1.82) is 0 Å². The van der Waals surface area contributed by atoms with Gasteiger partial charge in [-0.15, -0.1) is 0 Å². The van der Waals surface area contributed by atoms with E-state index in [1.54, 1.807) is 14.2 Å². The minimum Gasteiger partial charge on any atom is -0.467 e. The van der Waals surface area contributed by atoms with E-state index < -0.39 is 0 Å². The normalized spacial score (nSPS) is 14.3.